The lowest BCUT2D eigenvalue weighted by molar-refractivity contribution is -0.225. The lowest BCUT2D eigenvalue weighted by Gasteiger charge is -2.50. The first-order valence-electron chi connectivity index (χ1n) is 23.6. The molecule has 2 amide bonds. The zero-order valence-electron chi connectivity index (χ0n) is 39.1. The molecule has 3 aliphatic heterocycles. The van der Waals surface area contributed by atoms with Gasteiger partial charge in [0.2, 0.25) is 11.8 Å². The van der Waals surface area contributed by atoms with Crippen LogP contribution in [0.4, 0.5) is 0 Å². The van der Waals surface area contributed by atoms with Gasteiger partial charge in [0.15, 0.2) is 11.8 Å². The number of unbranched alkanes of at least 4 members (excludes halogenated alkanes) is 4. The van der Waals surface area contributed by atoms with Crippen molar-refractivity contribution in [3.63, 3.8) is 0 Å². The van der Waals surface area contributed by atoms with Crippen LogP contribution in [0.2, 0.25) is 0 Å². The van der Waals surface area contributed by atoms with Gasteiger partial charge >= 0.3 is 11.9 Å². The highest BCUT2D eigenvalue weighted by Gasteiger charge is 2.76. The molecule has 0 aromatic heterocycles. The van der Waals surface area contributed by atoms with E-state index in [9.17, 15) is 19.5 Å². The van der Waals surface area contributed by atoms with Crippen molar-refractivity contribution in [1.82, 2.24) is 15.3 Å². The van der Waals surface area contributed by atoms with Crippen LogP contribution < -0.4 is 5.32 Å². The summed E-state index contributed by atoms with van der Waals surface area (Å²) >= 11 is 0. The zero-order chi connectivity index (χ0) is 46.8. The zero-order valence-corrected chi connectivity index (χ0v) is 39.1. The van der Waals surface area contributed by atoms with Crippen LogP contribution in [0, 0.1) is 5.41 Å². The molecule has 2 bridgehead atoms. The van der Waals surface area contributed by atoms with Crippen LogP contribution in [0.25, 0.3) is 6.08 Å². The highest BCUT2D eigenvalue weighted by molar-refractivity contribution is 5.96. The van der Waals surface area contributed by atoms with Gasteiger partial charge in [-0.3, -0.25) is 24.0 Å². The number of ether oxygens (including phenoxy) is 5. The van der Waals surface area contributed by atoms with Crippen molar-refractivity contribution in [2.45, 2.75) is 172 Å². The number of benzene rings is 2. The minimum absolute atomic E-state index is 0.0362. The van der Waals surface area contributed by atoms with E-state index >= 15 is 4.79 Å². The maximum absolute atomic E-state index is 15.8. The number of hydrogen-bond acceptors (Lipinski definition) is 13. The second kappa shape index (κ2) is 22.4. The van der Waals surface area contributed by atoms with E-state index in [1.807, 2.05) is 54.6 Å². The minimum atomic E-state index is -1.54. The number of aliphatic hydroxyl groups is 2. The molecule has 15 nitrogen and oxygen atoms in total. The van der Waals surface area contributed by atoms with E-state index in [4.69, 9.17) is 33.6 Å². The number of esters is 2. The van der Waals surface area contributed by atoms with Gasteiger partial charge in [0.1, 0.15) is 48.1 Å². The Balaban J connectivity index is 1.35. The van der Waals surface area contributed by atoms with Crippen molar-refractivity contribution in [3.05, 3.63) is 77.5 Å². The minimum Gasteiger partial charge on any atom is -0.499 e. The molecule has 0 spiro atoms. The Labute approximate surface area is 384 Å². The van der Waals surface area contributed by atoms with E-state index in [0.29, 0.717) is 12.8 Å². The smallest absolute Gasteiger partial charge is 0.327 e. The third-order valence-electron chi connectivity index (χ3n) is 12.9. The Kier molecular flexibility index (Phi) is 17.3. The number of carbonyl (C=O) groups is 4. The van der Waals surface area contributed by atoms with E-state index in [1.54, 1.807) is 39.0 Å². The molecule has 8 atom stereocenters. The van der Waals surface area contributed by atoms with E-state index in [2.05, 4.69) is 19.2 Å². The van der Waals surface area contributed by atoms with Crippen LogP contribution in [0.5, 0.6) is 0 Å². The van der Waals surface area contributed by atoms with Gasteiger partial charge in [-0.15, -0.1) is 0 Å². The van der Waals surface area contributed by atoms with Gasteiger partial charge in [-0.25, -0.2) is 0 Å². The topological polar surface area (TPSA) is 183 Å². The van der Waals surface area contributed by atoms with Gasteiger partial charge in [0.05, 0.1) is 32.1 Å². The van der Waals surface area contributed by atoms with E-state index < -0.39 is 89.7 Å². The summed E-state index contributed by atoms with van der Waals surface area (Å²) in [7, 11) is 1.58. The summed E-state index contributed by atoms with van der Waals surface area (Å²) in [5.41, 5.74) is 0.214. The number of carbonyl (C=O) groups excluding carboxylic acids is 4. The molecule has 6 rings (SSSR count). The second-order valence-electron chi connectivity index (χ2n) is 19.0. The van der Waals surface area contributed by atoms with Crippen LogP contribution in [0.1, 0.15) is 122 Å². The van der Waals surface area contributed by atoms with Crippen LogP contribution >= 0.6 is 0 Å². The molecule has 2 aromatic carbocycles. The van der Waals surface area contributed by atoms with Crippen molar-refractivity contribution >= 4 is 29.8 Å². The number of nitrogens with zero attached hydrogens (tertiary/aromatic N) is 2. The van der Waals surface area contributed by atoms with Crippen molar-refractivity contribution < 1.29 is 57.9 Å². The summed E-state index contributed by atoms with van der Waals surface area (Å²) in [6.07, 6.45) is 7.40. The summed E-state index contributed by atoms with van der Waals surface area (Å²) in [5.74, 6) is -3.03. The first-order chi connectivity index (χ1) is 31.2. The molecule has 358 valence electrons. The molecule has 3 saturated heterocycles. The summed E-state index contributed by atoms with van der Waals surface area (Å²) in [5, 5.41) is 23.9. The van der Waals surface area contributed by atoms with Gasteiger partial charge in [-0.1, -0.05) is 94.1 Å². The van der Waals surface area contributed by atoms with Crippen molar-refractivity contribution in [2.24, 2.45) is 5.41 Å². The molecule has 2 aromatic rings. The summed E-state index contributed by atoms with van der Waals surface area (Å²) in [6.45, 7) is 9.38. The molecule has 65 heavy (non-hydrogen) atoms. The number of rotatable bonds is 24. The third-order valence-corrected chi connectivity index (χ3v) is 12.9. The predicted octanol–water partition coefficient (Wildman–Crippen LogP) is 5.78. The van der Waals surface area contributed by atoms with Gasteiger partial charge in [0, 0.05) is 39.2 Å². The van der Waals surface area contributed by atoms with Gasteiger partial charge in [0.25, 0.3) is 0 Å². The lowest BCUT2D eigenvalue weighted by atomic mass is 9.62. The number of likely N-dealkylation sites (N-methyl/N-ethyl adjacent to an activating group) is 1. The highest BCUT2D eigenvalue weighted by atomic mass is 16.8. The summed E-state index contributed by atoms with van der Waals surface area (Å²) < 4.78 is 31.1. The van der Waals surface area contributed by atoms with Gasteiger partial charge in [-0.2, -0.15) is 5.06 Å². The van der Waals surface area contributed by atoms with E-state index in [1.165, 1.54) is 11.2 Å². The fourth-order valence-corrected chi connectivity index (χ4v) is 9.74. The van der Waals surface area contributed by atoms with Crippen molar-refractivity contribution in [1.29, 1.82) is 0 Å². The molecule has 1 aliphatic carbocycles. The number of nitrogens with one attached hydrogen (secondary N) is 1. The summed E-state index contributed by atoms with van der Waals surface area (Å²) in [4.78, 5) is 65.9. The third kappa shape index (κ3) is 12.0. The van der Waals surface area contributed by atoms with Crippen LogP contribution in [0.15, 0.2) is 60.9 Å². The number of hydrogen-bond donors (Lipinski definition) is 3. The standard InChI is InChI=1S/C50H71N3O12/c1-7-9-14-25-49(26-15-10-8-2)63-41-39-31-50(43(46(58)61-39)53(65-44(50)42(41)64-49)32-36-20-18-34(19-21-36)24-28-60-29-27-54)47(59)52(6)38(30-35-16-12-11-13-17-35)45(57)51-37(33-55)22-23-40(56)62-48(3,4)5/h11-13,16-21,24,28,37-39,41-44,54-55H,7-10,14-15,22-23,25-27,29-33H2,1-6H3,(H,51,57)/t37-,38+,39?,41-,42-,43-,44+,50?/m0/s1. The molecule has 3 N–H and O–H groups in total. The Morgan fingerprint density at radius 3 is 2.26 bits per heavy atom. The molecule has 1 saturated carbocycles. The predicted molar refractivity (Wildman–Crippen MR) is 241 cm³/mol. The van der Waals surface area contributed by atoms with Crippen molar-refractivity contribution in [3.8, 4) is 0 Å². The first-order valence-corrected chi connectivity index (χ1v) is 23.6. The van der Waals surface area contributed by atoms with E-state index in [-0.39, 0.29) is 45.4 Å². The Morgan fingerprint density at radius 1 is 0.954 bits per heavy atom. The number of aliphatic hydroxyl groups excluding tert-OH is 2. The molecule has 3 heterocycles. The quantitative estimate of drug-likeness (QED) is 0.0656. The number of amides is 2. The average molecular weight is 906 g/mol. The Bertz CT molecular complexity index is 1910. The number of fused-ring (bicyclic) bond motifs is 4. The maximum atomic E-state index is 15.8. The molecular weight excluding hydrogens is 835 g/mol. The van der Waals surface area contributed by atoms with E-state index in [0.717, 1.165) is 55.2 Å². The van der Waals surface area contributed by atoms with Gasteiger partial charge < -0.3 is 44.1 Å². The molecular formula is C50H71N3O12. The van der Waals surface area contributed by atoms with Crippen LogP contribution in [-0.2, 0) is 60.7 Å². The second-order valence-corrected chi connectivity index (χ2v) is 19.0. The largest absolute Gasteiger partial charge is 0.499 e. The molecule has 2 unspecified atom stereocenters. The maximum Gasteiger partial charge on any atom is 0.327 e. The normalized spacial score (nSPS) is 25.4. The van der Waals surface area contributed by atoms with Crippen LogP contribution in [0.3, 0.4) is 0 Å². The molecule has 0 radical (unpaired) electrons. The summed E-state index contributed by atoms with van der Waals surface area (Å²) in [6, 6.07) is 13.8. The highest BCUT2D eigenvalue weighted by Crippen LogP contribution is 2.58. The monoisotopic (exact) mass is 906 g/mol. The average Bonchev–Trinajstić information content (AvgIpc) is 3.84. The SMILES string of the molecule is CCCCCC1(CCCCC)O[C@@H]2[C@H]3ON(Cc4ccc(C=COCCO)cc4)[C@H]4C(=O)OC(CC34C(=O)N(C)[C@H](Cc3ccccc3)C(=O)N[C@H](CO)CCC(=O)OC(C)(C)C)[C@@H]2O1. The molecule has 4 fully saturated rings. The fourth-order valence-electron chi connectivity index (χ4n) is 9.74. The Morgan fingerprint density at radius 2 is 1.63 bits per heavy atom. The molecule has 15 heteroatoms. The first kappa shape index (κ1) is 50.0. The fraction of sp³-hybridized carbons (Fsp3) is 0.640. The number of hydroxylamine groups is 2. The lowest BCUT2D eigenvalue weighted by Crippen LogP contribution is -2.70. The Hall–Kier alpha value is -4.38. The molecule has 4 aliphatic rings. The van der Waals surface area contributed by atoms with Crippen LogP contribution in [-0.4, -0.2) is 125 Å². The van der Waals surface area contributed by atoms with Gasteiger partial charge in [-0.05, 0) is 62.8 Å². The van der Waals surface area contributed by atoms with Crippen molar-refractivity contribution in [2.75, 3.05) is 26.9 Å².